The third-order valence-electron chi connectivity index (χ3n) is 3.73. The molecule has 18 heavy (non-hydrogen) atoms. The van der Waals surface area contributed by atoms with Crippen molar-refractivity contribution in [3.63, 3.8) is 0 Å². The molecule has 0 atom stereocenters. The lowest BCUT2D eigenvalue weighted by atomic mass is 10.0. The van der Waals surface area contributed by atoms with Crippen LogP contribution in [0, 0.1) is 5.92 Å². The van der Waals surface area contributed by atoms with E-state index in [0.29, 0.717) is 0 Å². The maximum absolute atomic E-state index is 12.6. The number of carbonyl (C=O) groups excluding carboxylic acids is 1. The molecule has 0 saturated heterocycles. The van der Waals surface area contributed by atoms with Crippen LogP contribution in [0.25, 0.3) is 0 Å². The summed E-state index contributed by atoms with van der Waals surface area (Å²) in [5.74, 6) is 0.423. The van der Waals surface area contributed by atoms with Gasteiger partial charge in [-0.1, -0.05) is 30.4 Å². The summed E-state index contributed by atoms with van der Waals surface area (Å²) in [5.41, 5.74) is 2.30. The van der Waals surface area contributed by atoms with Crippen molar-refractivity contribution >= 4 is 11.6 Å². The van der Waals surface area contributed by atoms with Gasteiger partial charge in [-0.3, -0.25) is 4.79 Å². The molecule has 1 aromatic carbocycles. The van der Waals surface area contributed by atoms with Crippen molar-refractivity contribution in [1.82, 2.24) is 5.32 Å². The lowest BCUT2D eigenvalue weighted by Gasteiger charge is -2.25. The Morgan fingerprint density at radius 2 is 2.00 bits per heavy atom. The van der Waals surface area contributed by atoms with E-state index in [1.54, 1.807) is 0 Å². The zero-order valence-electron chi connectivity index (χ0n) is 10.4. The third kappa shape index (κ3) is 2.06. The number of hydrogen-bond acceptors (Lipinski definition) is 2. The lowest BCUT2D eigenvalue weighted by Crippen LogP contribution is -2.38. The van der Waals surface area contributed by atoms with E-state index < -0.39 is 0 Å². The smallest absolute Gasteiger partial charge is 0.230 e. The highest BCUT2D eigenvalue weighted by Crippen LogP contribution is 2.27. The first-order valence-electron chi connectivity index (χ1n) is 6.61. The quantitative estimate of drug-likeness (QED) is 0.765. The Hall–Kier alpha value is -1.61. The van der Waals surface area contributed by atoms with Crippen molar-refractivity contribution in [2.45, 2.75) is 19.4 Å². The Morgan fingerprint density at radius 3 is 2.83 bits per heavy atom. The highest BCUT2D eigenvalue weighted by atomic mass is 16.2. The van der Waals surface area contributed by atoms with Crippen LogP contribution in [0.3, 0.4) is 0 Å². The minimum atomic E-state index is 0.149. The van der Waals surface area contributed by atoms with E-state index in [-0.39, 0.29) is 11.8 Å². The van der Waals surface area contributed by atoms with Crippen LogP contribution in [0.5, 0.6) is 0 Å². The number of rotatable bonds is 1. The molecule has 0 bridgehead atoms. The largest absolute Gasteiger partial charge is 0.311 e. The molecule has 1 aliphatic carbocycles. The molecule has 3 rings (SSSR count). The minimum Gasteiger partial charge on any atom is -0.311 e. The third-order valence-corrected chi connectivity index (χ3v) is 3.73. The van der Waals surface area contributed by atoms with Crippen molar-refractivity contribution in [2.24, 2.45) is 5.92 Å². The van der Waals surface area contributed by atoms with Crippen LogP contribution in [0.15, 0.2) is 36.4 Å². The van der Waals surface area contributed by atoms with E-state index in [1.165, 1.54) is 5.56 Å². The minimum absolute atomic E-state index is 0.149. The van der Waals surface area contributed by atoms with Gasteiger partial charge in [0, 0.05) is 31.2 Å². The van der Waals surface area contributed by atoms with Crippen molar-refractivity contribution in [2.75, 3.05) is 18.0 Å². The number of hydrogen-bond donors (Lipinski definition) is 1. The number of para-hydroxylation sites is 1. The van der Waals surface area contributed by atoms with E-state index in [0.717, 1.165) is 38.2 Å². The van der Waals surface area contributed by atoms with Crippen molar-refractivity contribution < 1.29 is 4.79 Å². The first kappa shape index (κ1) is 11.5. The van der Waals surface area contributed by atoms with Gasteiger partial charge in [-0.25, -0.2) is 0 Å². The fourth-order valence-electron chi connectivity index (χ4n) is 2.73. The molecule has 0 aromatic heterocycles. The number of carbonyl (C=O) groups is 1. The summed E-state index contributed by atoms with van der Waals surface area (Å²) in [7, 11) is 0. The SMILES string of the molecule is O=C(C1CC=CC1)N1CCNCc2ccccc21. The molecule has 0 spiro atoms. The fourth-order valence-corrected chi connectivity index (χ4v) is 2.73. The molecule has 3 nitrogen and oxygen atoms in total. The van der Waals surface area contributed by atoms with Crippen LogP contribution in [0.1, 0.15) is 18.4 Å². The van der Waals surface area contributed by atoms with Gasteiger partial charge < -0.3 is 10.2 Å². The molecular formula is C15H18N2O. The van der Waals surface area contributed by atoms with Crippen LogP contribution in [-0.4, -0.2) is 19.0 Å². The van der Waals surface area contributed by atoms with Crippen molar-refractivity contribution in [3.8, 4) is 0 Å². The molecule has 0 saturated carbocycles. The lowest BCUT2D eigenvalue weighted by molar-refractivity contribution is -0.122. The Balaban J connectivity index is 1.89. The second-order valence-corrected chi connectivity index (χ2v) is 4.94. The Bertz CT molecular complexity index is 473. The Morgan fingerprint density at radius 1 is 1.22 bits per heavy atom. The molecule has 1 amide bonds. The summed E-state index contributed by atoms with van der Waals surface area (Å²) in [6.07, 6.45) is 6.02. The van der Waals surface area contributed by atoms with E-state index >= 15 is 0 Å². The maximum Gasteiger partial charge on any atom is 0.230 e. The van der Waals surface area contributed by atoms with E-state index in [1.807, 2.05) is 17.0 Å². The molecule has 1 aromatic rings. The second kappa shape index (κ2) is 4.94. The summed E-state index contributed by atoms with van der Waals surface area (Å²) in [6, 6.07) is 8.20. The predicted molar refractivity (Wildman–Crippen MR) is 72.4 cm³/mol. The van der Waals surface area contributed by atoms with Gasteiger partial charge in [0.1, 0.15) is 0 Å². The van der Waals surface area contributed by atoms with E-state index in [2.05, 4.69) is 29.6 Å². The molecule has 1 N–H and O–H groups in total. The number of nitrogens with zero attached hydrogens (tertiary/aromatic N) is 1. The monoisotopic (exact) mass is 242 g/mol. The van der Waals surface area contributed by atoms with Crippen LogP contribution in [0.2, 0.25) is 0 Å². The second-order valence-electron chi connectivity index (χ2n) is 4.94. The summed E-state index contributed by atoms with van der Waals surface area (Å²) in [5, 5.41) is 3.37. The average molecular weight is 242 g/mol. The van der Waals surface area contributed by atoms with Crippen LogP contribution in [0.4, 0.5) is 5.69 Å². The van der Waals surface area contributed by atoms with Gasteiger partial charge in [0.05, 0.1) is 0 Å². The number of benzene rings is 1. The van der Waals surface area contributed by atoms with E-state index in [9.17, 15) is 4.79 Å². The topological polar surface area (TPSA) is 32.3 Å². The molecule has 94 valence electrons. The molecule has 0 radical (unpaired) electrons. The van der Waals surface area contributed by atoms with Crippen LogP contribution < -0.4 is 10.2 Å². The number of fused-ring (bicyclic) bond motifs is 1. The molecule has 3 heteroatoms. The van der Waals surface area contributed by atoms with Crippen LogP contribution in [-0.2, 0) is 11.3 Å². The van der Waals surface area contributed by atoms with Gasteiger partial charge in [-0.2, -0.15) is 0 Å². The molecule has 1 aliphatic heterocycles. The summed E-state index contributed by atoms with van der Waals surface area (Å²) >= 11 is 0. The number of nitrogens with one attached hydrogen (secondary N) is 1. The zero-order valence-corrected chi connectivity index (χ0v) is 10.4. The summed E-state index contributed by atoms with van der Waals surface area (Å²) in [4.78, 5) is 14.5. The normalized spacial score (nSPS) is 19.7. The maximum atomic E-state index is 12.6. The zero-order chi connectivity index (χ0) is 12.4. The summed E-state index contributed by atoms with van der Waals surface area (Å²) in [6.45, 7) is 2.48. The molecule has 0 fully saturated rings. The van der Waals surface area contributed by atoms with Crippen molar-refractivity contribution in [3.05, 3.63) is 42.0 Å². The fraction of sp³-hybridized carbons (Fsp3) is 0.400. The highest BCUT2D eigenvalue weighted by molar-refractivity contribution is 5.96. The molecule has 0 unspecified atom stereocenters. The molecule has 1 heterocycles. The standard InChI is InChI=1S/C15H18N2O/c18-15(12-5-1-2-6-12)17-10-9-16-11-13-7-3-4-8-14(13)17/h1-4,7-8,12,16H,5-6,9-11H2. The average Bonchev–Trinajstić information content (AvgIpc) is 2.85. The van der Waals surface area contributed by atoms with Gasteiger partial charge >= 0.3 is 0 Å². The molecule has 2 aliphatic rings. The highest BCUT2D eigenvalue weighted by Gasteiger charge is 2.27. The van der Waals surface area contributed by atoms with Gasteiger partial charge in [0.25, 0.3) is 0 Å². The van der Waals surface area contributed by atoms with Crippen molar-refractivity contribution in [1.29, 1.82) is 0 Å². The number of amides is 1. The van der Waals surface area contributed by atoms with Gasteiger partial charge in [-0.05, 0) is 24.5 Å². The van der Waals surface area contributed by atoms with Gasteiger partial charge in [0.15, 0.2) is 0 Å². The van der Waals surface area contributed by atoms with Gasteiger partial charge in [-0.15, -0.1) is 0 Å². The predicted octanol–water partition coefficient (Wildman–Crippen LogP) is 2.09. The summed E-state index contributed by atoms with van der Waals surface area (Å²) < 4.78 is 0. The van der Waals surface area contributed by atoms with Crippen LogP contribution >= 0.6 is 0 Å². The first-order valence-corrected chi connectivity index (χ1v) is 6.61. The Labute approximate surface area is 107 Å². The Kier molecular flexibility index (Phi) is 3.15. The number of anilines is 1. The van der Waals surface area contributed by atoms with E-state index in [4.69, 9.17) is 0 Å². The molecular weight excluding hydrogens is 224 g/mol. The first-order chi connectivity index (χ1) is 8.86. The van der Waals surface area contributed by atoms with Gasteiger partial charge in [0.2, 0.25) is 5.91 Å². The number of allylic oxidation sites excluding steroid dienone is 2.